The molecule has 0 saturated carbocycles. The van der Waals surface area contributed by atoms with Crippen LogP contribution in [0.2, 0.25) is 0 Å². The predicted molar refractivity (Wildman–Crippen MR) is 102 cm³/mol. The Balaban J connectivity index is 1.55. The maximum atomic E-state index is 13.2. The Kier molecular flexibility index (Phi) is 4.73. The average molecular weight is 362 g/mol. The van der Waals surface area contributed by atoms with Crippen molar-refractivity contribution in [1.82, 2.24) is 19.4 Å². The zero-order valence-corrected chi connectivity index (χ0v) is 15.2. The summed E-state index contributed by atoms with van der Waals surface area (Å²) in [5.74, 6) is 0.716. The van der Waals surface area contributed by atoms with E-state index in [9.17, 15) is 9.90 Å². The first-order valence-electron chi connectivity index (χ1n) is 9.06. The molecule has 0 bridgehead atoms. The van der Waals surface area contributed by atoms with E-state index < -0.39 is 6.10 Å². The number of hydrogen-bond acceptors (Lipinski definition) is 4. The van der Waals surface area contributed by atoms with Crippen molar-refractivity contribution in [3.8, 4) is 11.4 Å². The van der Waals surface area contributed by atoms with Gasteiger partial charge in [-0.25, -0.2) is 4.98 Å². The van der Waals surface area contributed by atoms with E-state index in [4.69, 9.17) is 0 Å². The second kappa shape index (κ2) is 7.32. The molecule has 1 aromatic carbocycles. The fourth-order valence-electron chi connectivity index (χ4n) is 3.70. The van der Waals surface area contributed by atoms with Gasteiger partial charge in [-0.2, -0.15) is 0 Å². The van der Waals surface area contributed by atoms with E-state index in [1.165, 1.54) is 0 Å². The molecule has 4 rings (SSSR count). The van der Waals surface area contributed by atoms with Crippen molar-refractivity contribution in [2.75, 3.05) is 13.1 Å². The highest BCUT2D eigenvalue weighted by molar-refractivity contribution is 6.00. The number of carbonyl (C=O) groups excluding carboxylic acids is 1. The summed E-state index contributed by atoms with van der Waals surface area (Å²) in [5, 5.41) is 10.5. The number of amides is 1. The lowest BCUT2D eigenvalue weighted by Gasteiger charge is -2.18. The van der Waals surface area contributed by atoms with E-state index in [1.807, 2.05) is 54.2 Å². The number of nitrogens with zero attached hydrogens (tertiary/aromatic N) is 4. The molecule has 1 saturated heterocycles. The standard InChI is InChI=1S/C21H22N4O2/c1-24-11-10-23-20(24)17-4-2-3-5-18(17)21(27)25-13-16(19(26)14-25)12-15-6-8-22-9-7-15/h2-11,16,19,26H,12-14H2,1H3/t16-,19-/m1/s1. The molecule has 3 aromatic rings. The van der Waals surface area contributed by atoms with Crippen LogP contribution in [0.5, 0.6) is 0 Å². The van der Waals surface area contributed by atoms with Gasteiger partial charge in [0.2, 0.25) is 0 Å². The third-order valence-electron chi connectivity index (χ3n) is 5.16. The summed E-state index contributed by atoms with van der Waals surface area (Å²) in [6.45, 7) is 0.890. The largest absolute Gasteiger partial charge is 0.391 e. The van der Waals surface area contributed by atoms with Gasteiger partial charge in [0.25, 0.3) is 5.91 Å². The van der Waals surface area contributed by atoms with Crippen LogP contribution >= 0.6 is 0 Å². The van der Waals surface area contributed by atoms with Gasteiger partial charge in [-0.1, -0.05) is 18.2 Å². The molecule has 6 nitrogen and oxygen atoms in total. The lowest BCUT2D eigenvalue weighted by molar-refractivity contribution is 0.0765. The van der Waals surface area contributed by atoms with Crippen LogP contribution in [0.15, 0.2) is 61.2 Å². The first kappa shape index (κ1) is 17.4. The molecule has 1 fully saturated rings. The quantitative estimate of drug-likeness (QED) is 0.772. The summed E-state index contributed by atoms with van der Waals surface area (Å²) in [6.07, 6.45) is 7.30. The van der Waals surface area contributed by atoms with Crippen LogP contribution in [0, 0.1) is 5.92 Å². The second-order valence-electron chi connectivity index (χ2n) is 7.00. The van der Waals surface area contributed by atoms with Gasteiger partial charge in [-0.05, 0) is 30.2 Å². The van der Waals surface area contributed by atoms with E-state index in [2.05, 4.69) is 9.97 Å². The number of aliphatic hydroxyl groups is 1. The number of aryl methyl sites for hydroxylation is 1. The highest BCUT2D eigenvalue weighted by atomic mass is 16.3. The number of aliphatic hydroxyl groups excluding tert-OH is 1. The Morgan fingerprint density at radius 3 is 2.67 bits per heavy atom. The summed E-state index contributed by atoms with van der Waals surface area (Å²) in [5.41, 5.74) is 2.54. The number of pyridine rings is 1. The van der Waals surface area contributed by atoms with Gasteiger partial charge < -0.3 is 14.6 Å². The van der Waals surface area contributed by atoms with Crippen LogP contribution in [0.3, 0.4) is 0 Å². The highest BCUT2D eigenvalue weighted by Crippen LogP contribution is 2.27. The predicted octanol–water partition coefficient (Wildman–Crippen LogP) is 2.16. The molecule has 0 radical (unpaired) electrons. The first-order chi connectivity index (χ1) is 13.1. The van der Waals surface area contributed by atoms with Crippen LogP contribution in [0.1, 0.15) is 15.9 Å². The summed E-state index contributed by atoms with van der Waals surface area (Å²) in [4.78, 5) is 23.3. The van der Waals surface area contributed by atoms with Crippen molar-refractivity contribution >= 4 is 5.91 Å². The molecule has 138 valence electrons. The lowest BCUT2D eigenvalue weighted by atomic mass is 9.97. The average Bonchev–Trinajstić information content (AvgIpc) is 3.28. The molecule has 3 heterocycles. The number of β-amino-alcohol motifs (C(OH)–C–C–N with tert-alkyl or cyclic N) is 1. The number of imidazole rings is 1. The number of benzene rings is 1. The van der Waals surface area contributed by atoms with E-state index in [0.717, 1.165) is 23.4 Å². The Labute approximate surface area is 158 Å². The fraction of sp³-hybridized carbons (Fsp3) is 0.286. The van der Waals surface area contributed by atoms with E-state index in [1.54, 1.807) is 23.5 Å². The van der Waals surface area contributed by atoms with Crippen LogP contribution < -0.4 is 0 Å². The molecule has 1 amide bonds. The van der Waals surface area contributed by atoms with E-state index >= 15 is 0 Å². The van der Waals surface area contributed by atoms with Crippen molar-refractivity contribution in [1.29, 1.82) is 0 Å². The highest BCUT2D eigenvalue weighted by Gasteiger charge is 2.35. The van der Waals surface area contributed by atoms with Crippen molar-refractivity contribution in [3.63, 3.8) is 0 Å². The van der Waals surface area contributed by atoms with Crippen molar-refractivity contribution in [2.45, 2.75) is 12.5 Å². The monoisotopic (exact) mass is 362 g/mol. The zero-order chi connectivity index (χ0) is 18.8. The molecule has 0 unspecified atom stereocenters. The van der Waals surface area contributed by atoms with Gasteiger partial charge in [0.15, 0.2) is 0 Å². The van der Waals surface area contributed by atoms with Gasteiger partial charge in [-0.15, -0.1) is 0 Å². The number of rotatable bonds is 4. The third kappa shape index (κ3) is 3.48. The molecular formula is C21H22N4O2. The molecule has 1 N–H and O–H groups in total. The SMILES string of the molecule is Cn1ccnc1-c1ccccc1C(=O)N1C[C@@H](Cc2ccncc2)[C@H](O)C1. The van der Waals surface area contributed by atoms with Crippen molar-refractivity contribution in [3.05, 3.63) is 72.3 Å². The Morgan fingerprint density at radius 2 is 1.93 bits per heavy atom. The van der Waals surface area contributed by atoms with Crippen LogP contribution in [-0.2, 0) is 13.5 Å². The van der Waals surface area contributed by atoms with Gasteiger partial charge >= 0.3 is 0 Å². The lowest BCUT2D eigenvalue weighted by Crippen LogP contribution is -2.30. The molecule has 6 heteroatoms. The van der Waals surface area contributed by atoms with Crippen LogP contribution in [-0.4, -0.2) is 49.6 Å². The third-order valence-corrected chi connectivity index (χ3v) is 5.16. The summed E-state index contributed by atoms with van der Waals surface area (Å²) in [7, 11) is 1.91. The Hall–Kier alpha value is -2.99. The van der Waals surface area contributed by atoms with Gasteiger partial charge in [0.1, 0.15) is 5.82 Å². The minimum Gasteiger partial charge on any atom is -0.391 e. The first-order valence-corrected chi connectivity index (χ1v) is 9.06. The molecule has 0 aliphatic carbocycles. The fourth-order valence-corrected chi connectivity index (χ4v) is 3.70. The van der Waals surface area contributed by atoms with Gasteiger partial charge in [-0.3, -0.25) is 9.78 Å². The van der Waals surface area contributed by atoms with Gasteiger partial charge in [0, 0.05) is 56.4 Å². The molecule has 27 heavy (non-hydrogen) atoms. The van der Waals surface area contributed by atoms with Crippen molar-refractivity contribution < 1.29 is 9.90 Å². The number of likely N-dealkylation sites (tertiary alicyclic amines) is 1. The molecule has 1 aliphatic rings. The van der Waals surface area contributed by atoms with E-state index in [-0.39, 0.29) is 11.8 Å². The Morgan fingerprint density at radius 1 is 1.15 bits per heavy atom. The molecule has 2 atom stereocenters. The molecular weight excluding hydrogens is 340 g/mol. The van der Waals surface area contributed by atoms with E-state index in [0.29, 0.717) is 18.7 Å². The van der Waals surface area contributed by atoms with Gasteiger partial charge in [0.05, 0.1) is 11.7 Å². The summed E-state index contributed by atoms with van der Waals surface area (Å²) in [6, 6.07) is 11.4. The van der Waals surface area contributed by atoms with Crippen LogP contribution in [0.4, 0.5) is 0 Å². The zero-order valence-electron chi connectivity index (χ0n) is 15.2. The topological polar surface area (TPSA) is 71.2 Å². The maximum Gasteiger partial charge on any atom is 0.254 e. The normalized spacial score (nSPS) is 19.4. The minimum absolute atomic E-state index is 0.0247. The molecule has 1 aliphatic heterocycles. The molecule has 0 spiro atoms. The minimum atomic E-state index is -0.526. The molecule has 2 aromatic heterocycles. The van der Waals surface area contributed by atoms with Crippen LogP contribution in [0.25, 0.3) is 11.4 Å². The smallest absolute Gasteiger partial charge is 0.254 e. The maximum absolute atomic E-state index is 13.2. The number of hydrogen-bond donors (Lipinski definition) is 1. The summed E-state index contributed by atoms with van der Waals surface area (Å²) >= 11 is 0. The second-order valence-corrected chi connectivity index (χ2v) is 7.00. The van der Waals surface area contributed by atoms with Crippen molar-refractivity contribution in [2.24, 2.45) is 13.0 Å². The number of carbonyl (C=O) groups is 1. The Bertz CT molecular complexity index is 938. The number of aromatic nitrogens is 3. The summed E-state index contributed by atoms with van der Waals surface area (Å²) < 4.78 is 1.90.